The smallest absolute Gasteiger partial charge is 0.0721 e. The number of pyridine rings is 3. The van der Waals surface area contributed by atoms with Crippen LogP contribution in [-0.4, -0.2) is 20.1 Å². The molecule has 3 rings (SSSR count). The van der Waals surface area contributed by atoms with Gasteiger partial charge < -0.3 is 5.11 Å². The molecule has 20 heavy (non-hydrogen) atoms. The number of aromatic nitrogens is 3. The van der Waals surface area contributed by atoms with Crippen molar-refractivity contribution in [3.63, 3.8) is 0 Å². The van der Waals surface area contributed by atoms with Crippen molar-refractivity contribution in [2.75, 3.05) is 0 Å². The molecule has 1 N–H and O–H groups in total. The predicted octanol–water partition coefficient (Wildman–Crippen LogP) is 2.70. The van der Waals surface area contributed by atoms with Gasteiger partial charge in [0.2, 0.25) is 0 Å². The standard InChI is InChI=1S/C16H13N3O/c20-11-14-7-16(13-4-2-6-18-9-13)19-10-15(14)12-3-1-5-17-8-12/h1-10,20H,11H2. The lowest BCUT2D eigenvalue weighted by Gasteiger charge is -2.09. The van der Waals surface area contributed by atoms with Gasteiger partial charge in [0.1, 0.15) is 0 Å². The molecule has 3 aromatic rings. The number of hydrogen-bond acceptors (Lipinski definition) is 4. The quantitative estimate of drug-likeness (QED) is 0.789. The second kappa shape index (κ2) is 5.59. The van der Waals surface area contributed by atoms with Crippen LogP contribution in [-0.2, 0) is 6.61 Å². The van der Waals surface area contributed by atoms with Crippen molar-refractivity contribution in [2.24, 2.45) is 0 Å². The molecule has 0 atom stereocenters. The average Bonchev–Trinajstić information content (AvgIpc) is 2.56. The molecule has 0 spiro atoms. The molecule has 0 saturated carbocycles. The first-order chi connectivity index (χ1) is 9.88. The molecule has 0 aromatic carbocycles. The minimum atomic E-state index is -0.0417. The van der Waals surface area contributed by atoms with Gasteiger partial charge in [-0.2, -0.15) is 0 Å². The van der Waals surface area contributed by atoms with E-state index in [0.29, 0.717) is 0 Å². The molecule has 0 saturated heterocycles. The van der Waals surface area contributed by atoms with Gasteiger partial charge in [-0.15, -0.1) is 0 Å². The molecule has 0 fully saturated rings. The Labute approximate surface area is 116 Å². The van der Waals surface area contributed by atoms with Crippen LogP contribution in [0.25, 0.3) is 22.4 Å². The van der Waals surface area contributed by atoms with E-state index in [-0.39, 0.29) is 6.61 Å². The van der Waals surface area contributed by atoms with E-state index in [9.17, 15) is 5.11 Å². The lowest BCUT2D eigenvalue weighted by atomic mass is 10.0. The Morgan fingerprint density at radius 3 is 2.20 bits per heavy atom. The first-order valence-corrected chi connectivity index (χ1v) is 6.29. The van der Waals surface area contributed by atoms with Gasteiger partial charge in [0.15, 0.2) is 0 Å². The summed E-state index contributed by atoms with van der Waals surface area (Å²) in [5.41, 5.74) is 4.40. The van der Waals surface area contributed by atoms with Gasteiger partial charge in [0.05, 0.1) is 12.3 Å². The topological polar surface area (TPSA) is 58.9 Å². The van der Waals surface area contributed by atoms with Gasteiger partial charge in [-0.25, -0.2) is 0 Å². The summed E-state index contributed by atoms with van der Waals surface area (Å²) in [5.74, 6) is 0. The Hall–Kier alpha value is -2.59. The summed E-state index contributed by atoms with van der Waals surface area (Å²) < 4.78 is 0. The molecule has 3 heterocycles. The second-order valence-electron chi connectivity index (χ2n) is 4.37. The zero-order valence-electron chi connectivity index (χ0n) is 10.8. The van der Waals surface area contributed by atoms with Crippen LogP contribution in [0.15, 0.2) is 61.3 Å². The minimum absolute atomic E-state index is 0.0417. The van der Waals surface area contributed by atoms with Crippen LogP contribution in [0.4, 0.5) is 0 Å². The maximum absolute atomic E-state index is 9.59. The number of aliphatic hydroxyl groups excluding tert-OH is 1. The van der Waals surface area contributed by atoms with Crippen molar-refractivity contribution < 1.29 is 5.11 Å². The normalized spacial score (nSPS) is 10.4. The maximum atomic E-state index is 9.59. The first kappa shape index (κ1) is 12.4. The number of aliphatic hydroxyl groups is 1. The highest BCUT2D eigenvalue weighted by Gasteiger charge is 2.08. The SMILES string of the molecule is OCc1cc(-c2cccnc2)ncc1-c1cccnc1. The molecule has 0 unspecified atom stereocenters. The molecular weight excluding hydrogens is 250 g/mol. The van der Waals surface area contributed by atoms with Crippen LogP contribution in [0.1, 0.15) is 5.56 Å². The zero-order chi connectivity index (χ0) is 13.8. The van der Waals surface area contributed by atoms with Crippen LogP contribution in [0.3, 0.4) is 0 Å². The van der Waals surface area contributed by atoms with Gasteiger partial charge in [0.25, 0.3) is 0 Å². The van der Waals surface area contributed by atoms with Gasteiger partial charge in [-0.05, 0) is 29.8 Å². The molecule has 0 bridgehead atoms. The van der Waals surface area contributed by atoms with Crippen LogP contribution in [0.5, 0.6) is 0 Å². The molecule has 4 heteroatoms. The summed E-state index contributed by atoms with van der Waals surface area (Å²) in [7, 11) is 0. The van der Waals surface area contributed by atoms with E-state index in [1.807, 2.05) is 30.3 Å². The Kier molecular flexibility index (Phi) is 3.48. The molecule has 0 aliphatic heterocycles. The van der Waals surface area contributed by atoms with Crippen LogP contribution in [0, 0.1) is 0 Å². The van der Waals surface area contributed by atoms with Gasteiger partial charge in [0, 0.05) is 47.7 Å². The Bertz CT molecular complexity index is 699. The van der Waals surface area contributed by atoms with Gasteiger partial charge >= 0.3 is 0 Å². The third-order valence-electron chi connectivity index (χ3n) is 3.09. The summed E-state index contributed by atoms with van der Waals surface area (Å²) in [6, 6.07) is 9.52. The number of rotatable bonds is 3. The van der Waals surface area contributed by atoms with E-state index in [2.05, 4.69) is 15.0 Å². The van der Waals surface area contributed by atoms with E-state index >= 15 is 0 Å². The van der Waals surface area contributed by atoms with E-state index in [1.165, 1.54) is 0 Å². The Morgan fingerprint density at radius 2 is 1.60 bits per heavy atom. The summed E-state index contributed by atoms with van der Waals surface area (Å²) in [5, 5.41) is 9.59. The van der Waals surface area contributed by atoms with Crippen LogP contribution in [0.2, 0.25) is 0 Å². The predicted molar refractivity (Wildman–Crippen MR) is 76.6 cm³/mol. The van der Waals surface area contributed by atoms with Crippen molar-refractivity contribution in [1.82, 2.24) is 15.0 Å². The van der Waals surface area contributed by atoms with E-state index < -0.39 is 0 Å². The van der Waals surface area contributed by atoms with Gasteiger partial charge in [-0.3, -0.25) is 15.0 Å². The lowest BCUT2D eigenvalue weighted by molar-refractivity contribution is 0.282. The number of nitrogens with zero attached hydrogens (tertiary/aromatic N) is 3. The van der Waals surface area contributed by atoms with E-state index in [0.717, 1.165) is 27.9 Å². The third-order valence-corrected chi connectivity index (χ3v) is 3.09. The fourth-order valence-corrected chi connectivity index (χ4v) is 2.08. The highest BCUT2D eigenvalue weighted by atomic mass is 16.3. The van der Waals surface area contributed by atoms with Crippen molar-refractivity contribution in [1.29, 1.82) is 0 Å². The fraction of sp³-hybridized carbons (Fsp3) is 0.0625. The zero-order valence-corrected chi connectivity index (χ0v) is 10.8. The molecule has 0 aliphatic rings. The monoisotopic (exact) mass is 263 g/mol. The molecule has 0 aliphatic carbocycles. The highest BCUT2D eigenvalue weighted by molar-refractivity contribution is 5.69. The molecule has 4 nitrogen and oxygen atoms in total. The molecule has 98 valence electrons. The lowest BCUT2D eigenvalue weighted by Crippen LogP contribution is -1.94. The molecule has 0 amide bonds. The Morgan fingerprint density at radius 1 is 0.900 bits per heavy atom. The van der Waals surface area contributed by atoms with Crippen molar-refractivity contribution in [3.05, 3.63) is 66.9 Å². The van der Waals surface area contributed by atoms with Crippen molar-refractivity contribution in [2.45, 2.75) is 6.61 Å². The highest BCUT2D eigenvalue weighted by Crippen LogP contribution is 2.26. The second-order valence-corrected chi connectivity index (χ2v) is 4.37. The number of hydrogen-bond donors (Lipinski definition) is 1. The fourth-order valence-electron chi connectivity index (χ4n) is 2.08. The van der Waals surface area contributed by atoms with Crippen LogP contribution < -0.4 is 0 Å². The van der Waals surface area contributed by atoms with Gasteiger partial charge in [-0.1, -0.05) is 6.07 Å². The van der Waals surface area contributed by atoms with E-state index in [4.69, 9.17) is 0 Å². The largest absolute Gasteiger partial charge is 0.392 e. The van der Waals surface area contributed by atoms with Crippen molar-refractivity contribution in [3.8, 4) is 22.4 Å². The molecule has 3 aromatic heterocycles. The minimum Gasteiger partial charge on any atom is -0.392 e. The Balaban J connectivity index is 2.07. The summed E-state index contributed by atoms with van der Waals surface area (Å²) >= 11 is 0. The summed E-state index contributed by atoms with van der Waals surface area (Å²) in [4.78, 5) is 12.6. The van der Waals surface area contributed by atoms with E-state index in [1.54, 1.807) is 31.0 Å². The molecule has 0 radical (unpaired) electrons. The van der Waals surface area contributed by atoms with Crippen LogP contribution >= 0.6 is 0 Å². The summed E-state index contributed by atoms with van der Waals surface area (Å²) in [6.07, 6.45) is 8.73. The average molecular weight is 263 g/mol. The first-order valence-electron chi connectivity index (χ1n) is 6.29. The van der Waals surface area contributed by atoms with Crippen molar-refractivity contribution >= 4 is 0 Å². The molecular formula is C16H13N3O. The third kappa shape index (κ3) is 2.41. The maximum Gasteiger partial charge on any atom is 0.0721 e. The summed E-state index contributed by atoms with van der Waals surface area (Å²) in [6.45, 7) is -0.0417.